The minimum atomic E-state index is -1.14. The lowest BCUT2D eigenvalue weighted by molar-refractivity contribution is -0.889. The van der Waals surface area contributed by atoms with Crippen LogP contribution in [0.15, 0.2) is 60.8 Å². The van der Waals surface area contributed by atoms with E-state index >= 15 is 0 Å². The largest absolute Gasteiger partial charge is 0.544 e. The summed E-state index contributed by atoms with van der Waals surface area (Å²) in [7, 11) is 5.38. The Labute approximate surface area is 330 Å². The van der Waals surface area contributed by atoms with Crippen LogP contribution in [-0.4, -0.2) is 75.5 Å². The Kier molecular flexibility index (Phi) is 34.9. The fourth-order valence-electron chi connectivity index (χ4n) is 5.98. The number of carbonyl (C=O) groups is 3. The molecule has 0 heterocycles. The Morgan fingerprint density at radius 1 is 0.574 bits per heavy atom. The Bertz CT molecular complexity index is 1070. The highest BCUT2D eigenvalue weighted by molar-refractivity contribution is 5.70. The molecule has 0 saturated carbocycles. The van der Waals surface area contributed by atoms with Gasteiger partial charge in [-0.15, -0.1) is 0 Å². The first-order chi connectivity index (χ1) is 26.1. The van der Waals surface area contributed by atoms with E-state index in [-0.39, 0.29) is 49.1 Å². The zero-order chi connectivity index (χ0) is 40.0. The van der Waals surface area contributed by atoms with Crippen LogP contribution in [0.25, 0.3) is 0 Å². The maximum absolute atomic E-state index is 12.7. The molecule has 0 saturated heterocycles. The number of carboxylic acids is 1. The maximum Gasteiger partial charge on any atom is 0.306 e. The number of quaternary nitrogens is 1. The van der Waals surface area contributed by atoms with E-state index in [1.54, 1.807) is 21.1 Å². The molecular formula is C46H79NO7. The van der Waals surface area contributed by atoms with E-state index in [0.717, 1.165) is 32.1 Å². The molecule has 0 fully saturated rings. The van der Waals surface area contributed by atoms with Gasteiger partial charge in [0, 0.05) is 19.3 Å². The molecule has 0 aliphatic rings. The van der Waals surface area contributed by atoms with Gasteiger partial charge in [0.1, 0.15) is 12.6 Å². The summed E-state index contributed by atoms with van der Waals surface area (Å²) in [6, 6.07) is -0.736. The van der Waals surface area contributed by atoms with Crippen molar-refractivity contribution in [3.05, 3.63) is 60.8 Å². The lowest BCUT2D eigenvalue weighted by Crippen LogP contribution is -2.55. The second-order valence-electron chi connectivity index (χ2n) is 15.3. The molecule has 0 aliphatic heterocycles. The van der Waals surface area contributed by atoms with E-state index in [1.807, 2.05) is 54.7 Å². The summed E-state index contributed by atoms with van der Waals surface area (Å²) in [5.41, 5.74) is 0. The first kappa shape index (κ1) is 51.0. The van der Waals surface area contributed by atoms with Crippen molar-refractivity contribution in [2.24, 2.45) is 0 Å². The minimum Gasteiger partial charge on any atom is -0.544 e. The highest BCUT2D eigenvalue weighted by Gasteiger charge is 2.25. The summed E-state index contributed by atoms with van der Waals surface area (Å²) >= 11 is 0. The fraction of sp³-hybridized carbons (Fsp3) is 0.717. The molecule has 0 aromatic carbocycles. The number of allylic oxidation sites excluding steroid dienone is 10. The first-order valence-corrected chi connectivity index (χ1v) is 21.4. The van der Waals surface area contributed by atoms with E-state index in [4.69, 9.17) is 14.2 Å². The van der Waals surface area contributed by atoms with E-state index < -0.39 is 18.1 Å². The number of unbranched alkanes of at least 4 members (excludes halogenated alkanes) is 17. The summed E-state index contributed by atoms with van der Waals surface area (Å²) in [6.45, 7) is 4.44. The van der Waals surface area contributed by atoms with Crippen LogP contribution in [0.5, 0.6) is 0 Å². The molecule has 54 heavy (non-hydrogen) atoms. The highest BCUT2D eigenvalue weighted by atomic mass is 16.6. The molecular weight excluding hydrogens is 679 g/mol. The zero-order valence-electron chi connectivity index (χ0n) is 35.1. The van der Waals surface area contributed by atoms with Crippen LogP contribution in [0.1, 0.15) is 162 Å². The van der Waals surface area contributed by atoms with Crippen molar-refractivity contribution in [1.82, 2.24) is 0 Å². The third-order valence-electron chi connectivity index (χ3n) is 9.30. The van der Waals surface area contributed by atoms with Crippen molar-refractivity contribution in [2.75, 3.05) is 41.0 Å². The van der Waals surface area contributed by atoms with Crippen LogP contribution >= 0.6 is 0 Å². The zero-order valence-corrected chi connectivity index (χ0v) is 35.1. The molecule has 2 unspecified atom stereocenters. The number of carboxylic acid groups (broad SMARTS) is 1. The van der Waals surface area contributed by atoms with Crippen molar-refractivity contribution in [2.45, 2.75) is 174 Å². The molecule has 310 valence electrons. The monoisotopic (exact) mass is 758 g/mol. The third kappa shape index (κ3) is 34.8. The van der Waals surface area contributed by atoms with Gasteiger partial charge in [-0.2, -0.15) is 0 Å². The normalized spacial score (nSPS) is 13.6. The molecule has 0 rings (SSSR count). The fourth-order valence-corrected chi connectivity index (χ4v) is 5.98. The van der Waals surface area contributed by atoms with Crippen LogP contribution in [0.3, 0.4) is 0 Å². The number of carbonyl (C=O) groups excluding carboxylic acids is 3. The summed E-state index contributed by atoms with van der Waals surface area (Å²) in [6.07, 6.45) is 44.0. The molecule has 0 amide bonds. The van der Waals surface area contributed by atoms with Gasteiger partial charge >= 0.3 is 11.9 Å². The van der Waals surface area contributed by atoms with Crippen LogP contribution in [0.2, 0.25) is 0 Å². The number of nitrogens with zero attached hydrogens (tertiary/aromatic N) is 1. The minimum absolute atomic E-state index is 0.0176. The number of esters is 2. The Balaban J connectivity index is 4.43. The lowest BCUT2D eigenvalue weighted by atomic mass is 10.0. The maximum atomic E-state index is 12.7. The van der Waals surface area contributed by atoms with Crippen molar-refractivity contribution in [3.8, 4) is 0 Å². The molecule has 0 bridgehead atoms. The van der Waals surface area contributed by atoms with Gasteiger partial charge < -0.3 is 28.6 Å². The quantitative estimate of drug-likeness (QED) is 0.0269. The average molecular weight is 758 g/mol. The van der Waals surface area contributed by atoms with E-state index in [1.165, 1.54) is 89.9 Å². The summed E-state index contributed by atoms with van der Waals surface area (Å²) in [5, 5.41) is 11.6. The first-order valence-electron chi connectivity index (χ1n) is 21.4. The van der Waals surface area contributed by atoms with Crippen LogP contribution in [-0.2, 0) is 28.6 Å². The Morgan fingerprint density at radius 2 is 1.04 bits per heavy atom. The number of aliphatic carboxylic acids is 1. The van der Waals surface area contributed by atoms with Crippen molar-refractivity contribution >= 4 is 17.9 Å². The van der Waals surface area contributed by atoms with Gasteiger partial charge in [0.25, 0.3) is 0 Å². The molecule has 0 spiro atoms. The van der Waals surface area contributed by atoms with Gasteiger partial charge in [0.15, 0.2) is 6.10 Å². The predicted octanol–water partition coefficient (Wildman–Crippen LogP) is 10.1. The molecule has 2 atom stereocenters. The lowest BCUT2D eigenvalue weighted by Gasteiger charge is -2.34. The SMILES string of the molecule is CC/C=C/C=C/C=C/C=C/C=C/CCCC(=O)OCC(COCCC(C(=O)[O-])[N+](C)(C)C)OC(=O)CCCCCCCCCCCCCCCCCCC. The highest BCUT2D eigenvalue weighted by Crippen LogP contribution is 2.15. The number of ether oxygens (including phenoxy) is 3. The number of hydrogen-bond donors (Lipinski definition) is 0. The number of hydrogen-bond acceptors (Lipinski definition) is 7. The second kappa shape index (κ2) is 37.0. The van der Waals surface area contributed by atoms with Gasteiger partial charge in [-0.05, 0) is 25.7 Å². The average Bonchev–Trinajstić information content (AvgIpc) is 3.12. The smallest absolute Gasteiger partial charge is 0.306 e. The van der Waals surface area contributed by atoms with Gasteiger partial charge in [0.2, 0.25) is 0 Å². The van der Waals surface area contributed by atoms with Crippen molar-refractivity contribution < 1.29 is 38.2 Å². The molecule has 0 radical (unpaired) electrons. The molecule has 0 N–H and O–H groups in total. The van der Waals surface area contributed by atoms with Crippen LogP contribution < -0.4 is 5.11 Å². The van der Waals surface area contributed by atoms with Crippen LogP contribution in [0.4, 0.5) is 0 Å². The Morgan fingerprint density at radius 3 is 1.52 bits per heavy atom. The van der Waals surface area contributed by atoms with E-state index in [0.29, 0.717) is 12.8 Å². The molecule has 0 aliphatic carbocycles. The van der Waals surface area contributed by atoms with Gasteiger partial charge in [-0.1, -0.05) is 177 Å². The van der Waals surface area contributed by atoms with E-state index in [9.17, 15) is 19.5 Å². The molecule has 0 aromatic heterocycles. The third-order valence-corrected chi connectivity index (χ3v) is 9.30. The second-order valence-corrected chi connectivity index (χ2v) is 15.3. The molecule has 8 nitrogen and oxygen atoms in total. The van der Waals surface area contributed by atoms with Crippen molar-refractivity contribution in [1.29, 1.82) is 0 Å². The topological polar surface area (TPSA) is 102 Å². The number of rotatable bonds is 37. The summed E-state index contributed by atoms with van der Waals surface area (Å²) in [4.78, 5) is 36.8. The molecule has 0 aromatic rings. The van der Waals surface area contributed by atoms with Gasteiger partial charge in [0.05, 0.1) is 40.3 Å². The summed E-state index contributed by atoms with van der Waals surface area (Å²) < 4.78 is 17.1. The Hall–Kier alpha value is -2.97. The number of likely N-dealkylation sites (N-methyl/N-ethyl adjacent to an activating group) is 1. The standard InChI is InChI=1S/C46H79NO7/c1-6-8-10-12-14-16-18-20-21-22-23-25-27-29-31-33-35-37-45(49)54-42(40-52-39-38-43(46(50)51)47(3,4)5)41-53-44(48)36-34-32-30-28-26-24-19-17-15-13-11-9-7-2/h9,11,13,15,17,19,24,26,28,30,42-43H,6-8,10,12,14,16,18,20-23,25,27,29,31-41H2,1-5H3/b11-9+,15-13+,19-17+,26-24+,30-28+. The summed E-state index contributed by atoms with van der Waals surface area (Å²) in [5.74, 6) is -1.83. The van der Waals surface area contributed by atoms with Crippen molar-refractivity contribution in [3.63, 3.8) is 0 Å². The van der Waals surface area contributed by atoms with Crippen LogP contribution in [0, 0.1) is 0 Å². The van der Waals surface area contributed by atoms with E-state index in [2.05, 4.69) is 19.9 Å². The van der Waals surface area contributed by atoms with Gasteiger partial charge in [-0.25, -0.2) is 0 Å². The van der Waals surface area contributed by atoms with Gasteiger partial charge in [-0.3, -0.25) is 9.59 Å². The molecule has 8 heteroatoms. The predicted molar refractivity (Wildman–Crippen MR) is 222 cm³/mol.